The molecule has 1 N–H and O–H groups in total. The van der Waals surface area contributed by atoms with Crippen molar-refractivity contribution < 1.29 is 19.4 Å². The van der Waals surface area contributed by atoms with Gasteiger partial charge in [-0.2, -0.15) is 0 Å². The number of fused-ring (bicyclic) bond motifs is 2. The summed E-state index contributed by atoms with van der Waals surface area (Å²) in [6.07, 6.45) is 5.85. The lowest BCUT2D eigenvalue weighted by Gasteiger charge is -2.38. The number of rotatable bonds is 9. The molecule has 0 bridgehead atoms. The topological polar surface area (TPSA) is 59.0 Å². The molecule has 2 heterocycles. The maximum atomic E-state index is 10.8. The molecule has 0 radical (unpaired) electrons. The number of ether oxygens (including phenoxy) is 2. The first kappa shape index (κ1) is 19.2. The van der Waals surface area contributed by atoms with Crippen LogP contribution in [0, 0.1) is 0 Å². The lowest BCUT2D eigenvalue weighted by molar-refractivity contribution is -0.137. The van der Waals surface area contributed by atoms with Crippen molar-refractivity contribution in [3.8, 4) is 5.75 Å². The fourth-order valence-electron chi connectivity index (χ4n) is 4.02. The maximum absolute atomic E-state index is 10.8. The molecule has 26 heavy (non-hydrogen) atoms. The monoisotopic (exact) mass is 361 g/mol. The van der Waals surface area contributed by atoms with E-state index in [1.165, 1.54) is 24.0 Å². The van der Waals surface area contributed by atoms with Gasteiger partial charge in [-0.05, 0) is 44.0 Å². The van der Waals surface area contributed by atoms with E-state index in [-0.39, 0.29) is 11.8 Å². The first-order valence-electron chi connectivity index (χ1n) is 9.91. The highest BCUT2D eigenvalue weighted by Gasteiger charge is 2.42. The molecular weight excluding hydrogens is 330 g/mol. The van der Waals surface area contributed by atoms with Crippen molar-refractivity contribution in [3.63, 3.8) is 0 Å². The van der Waals surface area contributed by atoms with E-state index in [1.807, 2.05) is 0 Å². The van der Waals surface area contributed by atoms with Crippen LogP contribution in [0.4, 0.5) is 0 Å². The van der Waals surface area contributed by atoms with Gasteiger partial charge in [0.25, 0.3) is 0 Å². The Kier molecular flexibility index (Phi) is 6.54. The number of carboxylic acids is 1. The third-order valence-electron chi connectivity index (χ3n) is 5.74. The average molecular weight is 361 g/mol. The lowest BCUT2D eigenvalue weighted by atomic mass is 9.74. The van der Waals surface area contributed by atoms with Gasteiger partial charge in [0.15, 0.2) is 0 Å². The minimum Gasteiger partial charge on any atom is -0.492 e. The summed E-state index contributed by atoms with van der Waals surface area (Å²) in [5, 5.41) is 8.85. The second-order valence-corrected chi connectivity index (χ2v) is 7.64. The first-order chi connectivity index (χ1) is 12.6. The highest BCUT2D eigenvalue weighted by molar-refractivity contribution is 5.66. The van der Waals surface area contributed by atoms with Crippen molar-refractivity contribution in [1.82, 2.24) is 4.90 Å². The Morgan fingerprint density at radius 1 is 1.31 bits per heavy atom. The SMILES string of the molecule is CCCCCOCc1ccc2c(c1)OCC21CCN(CCC(=O)O)CC1. The molecule has 2 aliphatic heterocycles. The molecule has 0 saturated carbocycles. The normalized spacial score (nSPS) is 18.7. The molecule has 0 aromatic heterocycles. The van der Waals surface area contributed by atoms with Gasteiger partial charge in [-0.15, -0.1) is 0 Å². The van der Waals surface area contributed by atoms with Crippen molar-refractivity contribution in [2.24, 2.45) is 0 Å². The molecule has 0 aliphatic carbocycles. The van der Waals surface area contributed by atoms with Crippen LogP contribution in [0.15, 0.2) is 18.2 Å². The summed E-state index contributed by atoms with van der Waals surface area (Å²) < 4.78 is 11.8. The van der Waals surface area contributed by atoms with E-state index < -0.39 is 5.97 Å². The fraction of sp³-hybridized carbons (Fsp3) is 0.667. The summed E-state index contributed by atoms with van der Waals surface area (Å²) in [5.41, 5.74) is 2.61. The standard InChI is InChI=1S/C21H31NO4/c1-2-3-4-13-25-15-17-5-6-18-19(14-17)26-16-21(18)8-11-22(12-9-21)10-7-20(23)24/h5-6,14H,2-4,7-13,15-16H2,1H3,(H,23,24). The number of aliphatic carboxylic acids is 1. The minimum absolute atomic E-state index is 0.107. The molecule has 1 aromatic carbocycles. The van der Waals surface area contributed by atoms with Gasteiger partial charge in [0.2, 0.25) is 0 Å². The molecule has 1 spiro atoms. The van der Waals surface area contributed by atoms with E-state index >= 15 is 0 Å². The van der Waals surface area contributed by atoms with Crippen LogP contribution in [0.25, 0.3) is 0 Å². The summed E-state index contributed by atoms with van der Waals surface area (Å²) in [6.45, 7) is 6.95. The molecule has 1 aromatic rings. The predicted octanol–water partition coefficient (Wildman–Crippen LogP) is 3.59. The highest BCUT2D eigenvalue weighted by Crippen LogP contribution is 2.45. The maximum Gasteiger partial charge on any atom is 0.304 e. The lowest BCUT2D eigenvalue weighted by Crippen LogP contribution is -2.44. The van der Waals surface area contributed by atoms with Crippen LogP contribution in [0.5, 0.6) is 5.75 Å². The van der Waals surface area contributed by atoms with Gasteiger partial charge in [-0.1, -0.05) is 31.9 Å². The highest BCUT2D eigenvalue weighted by atomic mass is 16.5. The number of likely N-dealkylation sites (tertiary alicyclic amines) is 1. The molecule has 1 saturated heterocycles. The zero-order valence-corrected chi connectivity index (χ0v) is 15.8. The summed E-state index contributed by atoms with van der Waals surface area (Å²) >= 11 is 0. The van der Waals surface area contributed by atoms with Crippen molar-refractivity contribution >= 4 is 5.97 Å². The zero-order chi connectivity index (χ0) is 18.4. The van der Waals surface area contributed by atoms with Crippen LogP contribution in [-0.2, 0) is 21.6 Å². The molecule has 1 fully saturated rings. The zero-order valence-electron chi connectivity index (χ0n) is 15.8. The molecule has 2 aliphatic rings. The smallest absolute Gasteiger partial charge is 0.304 e. The number of hydrogen-bond acceptors (Lipinski definition) is 4. The van der Waals surface area contributed by atoms with Crippen LogP contribution in [0.2, 0.25) is 0 Å². The number of carboxylic acid groups (broad SMARTS) is 1. The molecule has 144 valence electrons. The van der Waals surface area contributed by atoms with Crippen LogP contribution in [0.1, 0.15) is 56.6 Å². The van der Waals surface area contributed by atoms with Gasteiger partial charge in [-0.25, -0.2) is 0 Å². The second kappa shape index (κ2) is 8.87. The van der Waals surface area contributed by atoms with Crippen molar-refractivity contribution in [3.05, 3.63) is 29.3 Å². The Hall–Kier alpha value is -1.59. The van der Waals surface area contributed by atoms with E-state index in [2.05, 4.69) is 30.0 Å². The molecule has 3 rings (SSSR count). The Bertz CT molecular complexity index is 608. The number of carbonyl (C=O) groups is 1. The van der Waals surface area contributed by atoms with E-state index in [0.29, 0.717) is 13.2 Å². The summed E-state index contributed by atoms with van der Waals surface area (Å²) in [5.74, 6) is 0.294. The third-order valence-corrected chi connectivity index (χ3v) is 5.74. The Morgan fingerprint density at radius 3 is 2.85 bits per heavy atom. The van der Waals surface area contributed by atoms with Gasteiger partial charge in [0.05, 0.1) is 19.6 Å². The van der Waals surface area contributed by atoms with Crippen LogP contribution < -0.4 is 4.74 Å². The average Bonchev–Trinajstić information content (AvgIpc) is 2.99. The molecule has 0 unspecified atom stereocenters. The second-order valence-electron chi connectivity index (χ2n) is 7.64. The molecule has 0 amide bonds. The van der Waals surface area contributed by atoms with E-state index in [4.69, 9.17) is 14.6 Å². The van der Waals surface area contributed by atoms with E-state index in [9.17, 15) is 4.79 Å². The number of unbranched alkanes of at least 4 members (excludes halogenated alkanes) is 2. The molecule has 0 atom stereocenters. The third kappa shape index (κ3) is 4.57. The summed E-state index contributed by atoms with van der Waals surface area (Å²) in [4.78, 5) is 13.0. The molecular formula is C21H31NO4. The Balaban J connectivity index is 1.54. The number of nitrogens with zero attached hydrogens (tertiary/aromatic N) is 1. The van der Waals surface area contributed by atoms with Gasteiger partial charge in [0.1, 0.15) is 5.75 Å². The number of piperidine rings is 1. The number of benzene rings is 1. The Morgan fingerprint density at radius 2 is 2.12 bits per heavy atom. The summed E-state index contributed by atoms with van der Waals surface area (Å²) in [6, 6.07) is 6.53. The van der Waals surface area contributed by atoms with Crippen molar-refractivity contribution in [1.29, 1.82) is 0 Å². The van der Waals surface area contributed by atoms with E-state index in [1.54, 1.807) is 0 Å². The van der Waals surface area contributed by atoms with Crippen LogP contribution in [-0.4, -0.2) is 48.8 Å². The number of hydrogen-bond donors (Lipinski definition) is 1. The largest absolute Gasteiger partial charge is 0.492 e. The van der Waals surface area contributed by atoms with Crippen LogP contribution in [0.3, 0.4) is 0 Å². The fourth-order valence-corrected chi connectivity index (χ4v) is 4.02. The van der Waals surface area contributed by atoms with E-state index in [0.717, 1.165) is 51.3 Å². The van der Waals surface area contributed by atoms with Crippen molar-refractivity contribution in [2.75, 3.05) is 32.8 Å². The van der Waals surface area contributed by atoms with Crippen molar-refractivity contribution in [2.45, 2.75) is 57.5 Å². The first-order valence-corrected chi connectivity index (χ1v) is 9.91. The molecule has 5 heteroatoms. The Labute approximate surface area is 156 Å². The quantitative estimate of drug-likeness (QED) is 0.681. The van der Waals surface area contributed by atoms with Gasteiger partial charge in [-0.3, -0.25) is 4.79 Å². The molecule has 5 nitrogen and oxygen atoms in total. The van der Waals surface area contributed by atoms with Gasteiger partial charge in [0, 0.05) is 24.1 Å². The summed E-state index contributed by atoms with van der Waals surface area (Å²) in [7, 11) is 0. The van der Waals surface area contributed by atoms with Gasteiger partial charge >= 0.3 is 5.97 Å². The minimum atomic E-state index is -0.718. The van der Waals surface area contributed by atoms with Crippen LogP contribution >= 0.6 is 0 Å². The predicted molar refractivity (Wildman–Crippen MR) is 101 cm³/mol. The van der Waals surface area contributed by atoms with Gasteiger partial charge < -0.3 is 19.5 Å².